The lowest BCUT2D eigenvalue weighted by Crippen LogP contribution is -2.54. The number of fused-ring (bicyclic) bond motifs is 3. The molecule has 4 unspecified atom stereocenters. The van der Waals surface area contributed by atoms with Gasteiger partial charge in [0.05, 0.1) is 6.61 Å². The molecular formula is C11H19NO. The summed E-state index contributed by atoms with van der Waals surface area (Å²) in [7, 11) is 1.80. The van der Waals surface area contributed by atoms with Crippen molar-refractivity contribution in [3.8, 4) is 0 Å². The molecule has 74 valence electrons. The SMILES string of the molecule is C=CC1CN2CCC1CC2COC. The molecular weight excluding hydrogens is 162 g/mol. The number of hydrogen-bond donors (Lipinski definition) is 0. The third kappa shape index (κ3) is 1.65. The maximum absolute atomic E-state index is 5.24. The maximum Gasteiger partial charge on any atom is 0.0618 e. The van der Waals surface area contributed by atoms with E-state index in [9.17, 15) is 0 Å². The van der Waals surface area contributed by atoms with Gasteiger partial charge in [-0.25, -0.2) is 0 Å². The predicted octanol–water partition coefficient (Wildman–Crippen LogP) is 1.53. The number of piperidine rings is 3. The van der Waals surface area contributed by atoms with E-state index >= 15 is 0 Å². The van der Waals surface area contributed by atoms with Crippen LogP contribution in [0.4, 0.5) is 0 Å². The van der Waals surface area contributed by atoms with E-state index in [2.05, 4.69) is 17.6 Å². The fourth-order valence-electron chi connectivity index (χ4n) is 2.81. The van der Waals surface area contributed by atoms with E-state index < -0.39 is 0 Å². The van der Waals surface area contributed by atoms with Crippen LogP contribution in [0.3, 0.4) is 0 Å². The molecule has 0 radical (unpaired) electrons. The van der Waals surface area contributed by atoms with Crippen LogP contribution in [0, 0.1) is 11.8 Å². The van der Waals surface area contributed by atoms with Gasteiger partial charge < -0.3 is 4.74 Å². The first-order valence-corrected chi connectivity index (χ1v) is 5.20. The van der Waals surface area contributed by atoms with E-state index in [0.29, 0.717) is 6.04 Å². The van der Waals surface area contributed by atoms with Crippen LogP contribution in [0.5, 0.6) is 0 Å². The second kappa shape index (κ2) is 3.81. The molecule has 3 saturated heterocycles. The zero-order valence-electron chi connectivity index (χ0n) is 8.41. The van der Waals surface area contributed by atoms with Gasteiger partial charge in [-0.05, 0) is 31.2 Å². The Balaban J connectivity index is 1.98. The van der Waals surface area contributed by atoms with Crippen LogP contribution >= 0.6 is 0 Å². The van der Waals surface area contributed by atoms with Crippen molar-refractivity contribution in [2.45, 2.75) is 18.9 Å². The summed E-state index contributed by atoms with van der Waals surface area (Å²) < 4.78 is 5.24. The van der Waals surface area contributed by atoms with Crippen LogP contribution in [0.25, 0.3) is 0 Å². The molecule has 2 nitrogen and oxygen atoms in total. The fraction of sp³-hybridized carbons (Fsp3) is 0.818. The van der Waals surface area contributed by atoms with Gasteiger partial charge in [0.2, 0.25) is 0 Å². The summed E-state index contributed by atoms with van der Waals surface area (Å²) in [5.41, 5.74) is 0. The minimum absolute atomic E-state index is 0.681. The topological polar surface area (TPSA) is 12.5 Å². The molecule has 2 bridgehead atoms. The monoisotopic (exact) mass is 181 g/mol. The van der Waals surface area contributed by atoms with Gasteiger partial charge in [0, 0.05) is 19.7 Å². The number of hydrogen-bond acceptors (Lipinski definition) is 2. The molecule has 4 atom stereocenters. The van der Waals surface area contributed by atoms with Crippen LogP contribution < -0.4 is 0 Å². The first-order valence-electron chi connectivity index (χ1n) is 5.20. The highest BCUT2D eigenvalue weighted by molar-refractivity contribution is 4.98. The second-order valence-electron chi connectivity index (χ2n) is 4.29. The Hall–Kier alpha value is -0.340. The van der Waals surface area contributed by atoms with Gasteiger partial charge in [-0.15, -0.1) is 6.58 Å². The molecule has 3 aliphatic rings. The Morgan fingerprint density at radius 1 is 1.62 bits per heavy atom. The first-order chi connectivity index (χ1) is 6.35. The minimum Gasteiger partial charge on any atom is -0.383 e. The quantitative estimate of drug-likeness (QED) is 0.612. The smallest absolute Gasteiger partial charge is 0.0618 e. The minimum atomic E-state index is 0.681. The van der Waals surface area contributed by atoms with Crippen molar-refractivity contribution in [3.63, 3.8) is 0 Å². The van der Waals surface area contributed by atoms with E-state index in [4.69, 9.17) is 4.74 Å². The highest BCUT2D eigenvalue weighted by Gasteiger charge is 2.38. The Labute approximate surface area is 80.6 Å². The number of ether oxygens (including phenoxy) is 1. The molecule has 3 fully saturated rings. The molecule has 2 heteroatoms. The zero-order valence-corrected chi connectivity index (χ0v) is 8.41. The van der Waals surface area contributed by atoms with Crippen molar-refractivity contribution in [2.24, 2.45) is 11.8 Å². The van der Waals surface area contributed by atoms with Crippen LogP contribution in [0.2, 0.25) is 0 Å². The Bertz CT molecular complexity index is 193. The molecule has 0 aromatic rings. The number of nitrogens with zero attached hydrogens (tertiary/aromatic N) is 1. The van der Waals surface area contributed by atoms with Crippen molar-refractivity contribution in [1.82, 2.24) is 4.90 Å². The third-order valence-electron chi connectivity index (χ3n) is 3.59. The zero-order chi connectivity index (χ0) is 9.26. The fourth-order valence-corrected chi connectivity index (χ4v) is 2.81. The van der Waals surface area contributed by atoms with E-state index in [1.54, 1.807) is 7.11 Å². The highest BCUT2D eigenvalue weighted by atomic mass is 16.5. The second-order valence-corrected chi connectivity index (χ2v) is 4.29. The summed E-state index contributed by atoms with van der Waals surface area (Å²) >= 11 is 0. The Kier molecular flexibility index (Phi) is 2.70. The highest BCUT2D eigenvalue weighted by Crippen LogP contribution is 2.36. The summed E-state index contributed by atoms with van der Waals surface area (Å²) in [6.45, 7) is 7.30. The predicted molar refractivity (Wildman–Crippen MR) is 53.6 cm³/mol. The molecule has 13 heavy (non-hydrogen) atoms. The maximum atomic E-state index is 5.24. The molecule has 0 aromatic heterocycles. The van der Waals surface area contributed by atoms with E-state index in [0.717, 1.165) is 18.4 Å². The lowest BCUT2D eigenvalue weighted by atomic mass is 9.76. The summed E-state index contributed by atoms with van der Waals surface area (Å²) in [5.74, 6) is 1.62. The van der Waals surface area contributed by atoms with Crippen molar-refractivity contribution in [3.05, 3.63) is 12.7 Å². The molecule has 3 aliphatic heterocycles. The first kappa shape index (κ1) is 9.22. The van der Waals surface area contributed by atoms with Crippen LogP contribution in [0.1, 0.15) is 12.8 Å². The van der Waals surface area contributed by atoms with Crippen molar-refractivity contribution < 1.29 is 4.74 Å². The van der Waals surface area contributed by atoms with Crippen molar-refractivity contribution >= 4 is 0 Å². The molecule has 0 aromatic carbocycles. The average Bonchev–Trinajstić information content (AvgIpc) is 2.19. The van der Waals surface area contributed by atoms with Crippen molar-refractivity contribution in [2.75, 3.05) is 26.8 Å². The summed E-state index contributed by atoms with van der Waals surface area (Å²) in [4.78, 5) is 2.57. The molecule has 0 N–H and O–H groups in total. The molecule has 0 amide bonds. The normalized spacial score (nSPS) is 43.5. The summed E-state index contributed by atoms with van der Waals surface area (Å²) in [6, 6.07) is 0.681. The lowest BCUT2D eigenvalue weighted by Gasteiger charge is -2.48. The van der Waals surface area contributed by atoms with Gasteiger partial charge in [-0.2, -0.15) is 0 Å². The molecule has 3 heterocycles. The molecule has 0 aliphatic carbocycles. The molecule has 0 saturated carbocycles. The van der Waals surface area contributed by atoms with Crippen LogP contribution in [-0.4, -0.2) is 37.7 Å². The van der Waals surface area contributed by atoms with Gasteiger partial charge in [0.1, 0.15) is 0 Å². The van der Waals surface area contributed by atoms with E-state index in [-0.39, 0.29) is 0 Å². The van der Waals surface area contributed by atoms with Gasteiger partial charge >= 0.3 is 0 Å². The van der Waals surface area contributed by atoms with Gasteiger partial charge in [0.25, 0.3) is 0 Å². The van der Waals surface area contributed by atoms with Crippen LogP contribution in [-0.2, 0) is 4.74 Å². The summed E-state index contributed by atoms with van der Waals surface area (Å²) in [6.07, 6.45) is 4.81. The van der Waals surface area contributed by atoms with E-state index in [1.807, 2.05) is 0 Å². The lowest BCUT2D eigenvalue weighted by molar-refractivity contribution is -0.0163. The number of methoxy groups -OCH3 is 1. The van der Waals surface area contributed by atoms with Gasteiger partial charge in [0.15, 0.2) is 0 Å². The number of rotatable bonds is 3. The average molecular weight is 181 g/mol. The standard InChI is InChI=1S/C11H19NO/c1-3-9-7-12-5-4-10(9)6-11(12)8-13-2/h3,9-11H,1,4-8H2,2H3. The molecule has 3 rings (SSSR count). The molecule has 0 spiro atoms. The Morgan fingerprint density at radius 2 is 2.46 bits per heavy atom. The van der Waals surface area contributed by atoms with Crippen LogP contribution in [0.15, 0.2) is 12.7 Å². The van der Waals surface area contributed by atoms with Gasteiger partial charge in [-0.3, -0.25) is 4.90 Å². The Morgan fingerprint density at radius 3 is 3.00 bits per heavy atom. The largest absolute Gasteiger partial charge is 0.383 e. The summed E-state index contributed by atoms with van der Waals surface area (Å²) in [5, 5.41) is 0. The van der Waals surface area contributed by atoms with Crippen molar-refractivity contribution in [1.29, 1.82) is 0 Å². The van der Waals surface area contributed by atoms with E-state index in [1.165, 1.54) is 25.9 Å². The third-order valence-corrected chi connectivity index (χ3v) is 3.59. The van der Waals surface area contributed by atoms with Gasteiger partial charge in [-0.1, -0.05) is 6.08 Å².